The molecule has 1 aliphatic rings. The van der Waals surface area contributed by atoms with Crippen LogP contribution in [0.15, 0.2) is 24.3 Å². The van der Waals surface area contributed by atoms with Crippen molar-refractivity contribution < 1.29 is 13.2 Å². The summed E-state index contributed by atoms with van der Waals surface area (Å²) in [6.07, 6.45) is 3.24. The van der Waals surface area contributed by atoms with E-state index in [9.17, 15) is 8.42 Å². The average Bonchev–Trinajstić information content (AvgIpc) is 2.38. The van der Waals surface area contributed by atoms with Gasteiger partial charge in [-0.25, -0.2) is 12.7 Å². The molecular formula is C13H19NO3S. The number of hydrogen-bond acceptors (Lipinski definition) is 3. The van der Waals surface area contributed by atoms with Crippen molar-refractivity contribution in [2.45, 2.75) is 18.8 Å². The molecule has 0 aromatic heterocycles. The van der Waals surface area contributed by atoms with E-state index in [-0.39, 0.29) is 0 Å². The number of sulfonamides is 1. The first-order valence-electron chi connectivity index (χ1n) is 6.10. The molecular weight excluding hydrogens is 250 g/mol. The van der Waals surface area contributed by atoms with Gasteiger partial charge >= 0.3 is 0 Å². The Bertz CT molecular complexity index is 495. The van der Waals surface area contributed by atoms with E-state index in [1.807, 2.05) is 24.3 Å². The highest BCUT2D eigenvalue weighted by Crippen LogP contribution is 2.29. The van der Waals surface area contributed by atoms with Crippen LogP contribution in [0.5, 0.6) is 5.75 Å². The second kappa shape index (κ2) is 5.28. The SMILES string of the molecule is COc1ccc(C2CCCN(S(C)(=O)=O)C2)cc1. The fraction of sp³-hybridized carbons (Fsp3) is 0.538. The highest BCUT2D eigenvalue weighted by Gasteiger charge is 2.26. The first-order valence-corrected chi connectivity index (χ1v) is 7.94. The van der Waals surface area contributed by atoms with Crippen LogP contribution in [0.4, 0.5) is 0 Å². The van der Waals surface area contributed by atoms with Crippen molar-refractivity contribution in [1.29, 1.82) is 0 Å². The molecule has 0 spiro atoms. The molecule has 1 aromatic carbocycles. The van der Waals surface area contributed by atoms with Crippen LogP contribution in [-0.2, 0) is 10.0 Å². The third-order valence-electron chi connectivity index (χ3n) is 3.44. The Morgan fingerprint density at radius 1 is 1.28 bits per heavy atom. The van der Waals surface area contributed by atoms with Crippen LogP contribution in [0.25, 0.3) is 0 Å². The molecule has 1 atom stereocenters. The van der Waals surface area contributed by atoms with Crippen LogP contribution >= 0.6 is 0 Å². The summed E-state index contributed by atoms with van der Waals surface area (Å²) in [6, 6.07) is 7.90. The summed E-state index contributed by atoms with van der Waals surface area (Å²) in [5.41, 5.74) is 1.18. The summed E-state index contributed by atoms with van der Waals surface area (Å²) in [5, 5.41) is 0. The maximum atomic E-state index is 11.6. The van der Waals surface area contributed by atoms with Gasteiger partial charge in [0.15, 0.2) is 0 Å². The molecule has 0 N–H and O–H groups in total. The predicted molar refractivity (Wildman–Crippen MR) is 71.4 cm³/mol. The molecule has 1 aromatic rings. The number of hydrogen-bond donors (Lipinski definition) is 0. The molecule has 1 unspecified atom stereocenters. The fourth-order valence-electron chi connectivity index (χ4n) is 2.39. The molecule has 1 aliphatic heterocycles. The van der Waals surface area contributed by atoms with Gasteiger partial charge in [0.05, 0.1) is 13.4 Å². The second-order valence-electron chi connectivity index (χ2n) is 4.73. The predicted octanol–water partition coefficient (Wildman–Crippen LogP) is 1.83. The second-order valence-corrected chi connectivity index (χ2v) is 6.72. The van der Waals surface area contributed by atoms with Crippen molar-refractivity contribution in [3.63, 3.8) is 0 Å². The van der Waals surface area contributed by atoms with Gasteiger partial charge in [-0.05, 0) is 36.5 Å². The molecule has 0 saturated carbocycles. The third kappa shape index (κ3) is 3.03. The Morgan fingerprint density at radius 2 is 1.94 bits per heavy atom. The zero-order valence-corrected chi connectivity index (χ0v) is 11.6. The Hall–Kier alpha value is -1.07. The largest absolute Gasteiger partial charge is 0.497 e. The maximum absolute atomic E-state index is 11.6. The van der Waals surface area contributed by atoms with Gasteiger partial charge in [-0.1, -0.05) is 12.1 Å². The van der Waals surface area contributed by atoms with Gasteiger partial charge in [-0.15, -0.1) is 0 Å². The lowest BCUT2D eigenvalue weighted by atomic mass is 9.92. The molecule has 0 aliphatic carbocycles. The lowest BCUT2D eigenvalue weighted by molar-refractivity contribution is 0.317. The van der Waals surface area contributed by atoms with Gasteiger partial charge in [0.2, 0.25) is 10.0 Å². The summed E-state index contributed by atoms with van der Waals surface area (Å²) in [5.74, 6) is 1.12. The number of rotatable bonds is 3. The molecule has 4 nitrogen and oxygen atoms in total. The summed E-state index contributed by atoms with van der Waals surface area (Å²) < 4.78 is 29.8. The molecule has 2 rings (SSSR count). The van der Waals surface area contributed by atoms with E-state index in [4.69, 9.17) is 4.74 Å². The minimum absolute atomic E-state index is 0.291. The quantitative estimate of drug-likeness (QED) is 0.841. The van der Waals surface area contributed by atoms with Crippen molar-refractivity contribution >= 4 is 10.0 Å². The van der Waals surface area contributed by atoms with Crippen molar-refractivity contribution in [3.05, 3.63) is 29.8 Å². The van der Waals surface area contributed by atoms with E-state index < -0.39 is 10.0 Å². The van der Waals surface area contributed by atoms with E-state index in [1.54, 1.807) is 11.4 Å². The minimum atomic E-state index is -3.07. The van der Waals surface area contributed by atoms with E-state index in [1.165, 1.54) is 11.8 Å². The van der Waals surface area contributed by atoms with Crippen molar-refractivity contribution in [3.8, 4) is 5.75 Å². The molecule has 5 heteroatoms. The first-order chi connectivity index (χ1) is 8.50. The first kappa shape index (κ1) is 13.4. The molecule has 1 heterocycles. The van der Waals surface area contributed by atoms with Crippen LogP contribution in [0.3, 0.4) is 0 Å². The van der Waals surface area contributed by atoms with Gasteiger partial charge in [0, 0.05) is 13.1 Å². The minimum Gasteiger partial charge on any atom is -0.497 e. The van der Waals surface area contributed by atoms with Crippen LogP contribution < -0.4 is 4.74 Å². The van der Waals surface area contributed by atoms with Crippen molar-refractivity contribution in [1.82, 2.24) is 4.31 Å². The zero-order chi connectivity index (χ0) is 13.2. The Labute approximate surface area is 109 Å². The highest BCUT2D eigenvalue weighted by molar-refractivity contribution is 7.88. The Kier molecular flexibility index (Phi) is 3.92. The lowest BCUT2D eigenvalue weighted by Gasteiger charge is -2.31. The molecule has 0 amide bonds. The van der Waals surface area contributed by atoms with Gasteiger partial charge in [0.25, 0.3) is 0 Å². The Balaban J connectivity index is 2.13. The number of benzene rings is 1. The number of piperidine rings is 1. The number of nitrogens with zero attached hydrogens (tertiary/aromatic N) is 1. The standard InChI is InChI=1S/C13H19NO3S/c1-17-13-7-5-11(6-8-13)12-4-3-9-14(10-12)18(2,15)16/h5-8,12H,3-4,9-10H2,1-2H3. The van der Waals surface area contributed by atoms with Gasteiger partial charge in [-0.3, -0.25) is 0 Å². The van der Waals surface area contributed by atoms with Crippen molar-refractivity contribution in [2.75, 3.05) is 26.5 Å². The van der Waals surface area contributed by atoms with Crippen LogP contribution in [0, 0.1) is 0 Å². The monoisotopic (exact) mass is 269 g/mol. The topological polar surface area (TPSA) is 46.6 Å². The third-order valence-corrected chi connectivity index (χ3v) is 4.71. The Morgan fingerprint density at radius 3 is 2.50 bits per heavy atom. The molecule has 1 fully saturated rings. The van der Waals surface area contributed by atoms with Crippen LogP contribution in [-0.4, -0.2) is 39.2 Å². The molecule has 0 radical (unpaired) electrons. The van der Waals surface area contributed by atoms with Crippen LogP contribution in [0.1, 0.15) is 24.3 Å². The number of ether oxygens (including phenoxy) is 1. The summed E-state index contributed by atoms with van der Waals surface area (Å²) >= 11 is 0. The lowest BCUT2D eigenvalue weighted by Crippen LogP contribution is -2.38. The zero-order valence-electron chi connectivity index (χ0n) is 10.8. The normalized spacial score (nSPS) is 21.8. The number of methoxy groups -OCH3 is 1. The summed E-state index contributed by atoms with van der Waals surface area (Å²) in [4.78, 5) is 0. The smallest absolute Gasteiger partial charge is 0.211 e. The molecule has 1 saturated heterocycles. The molecule has 0 bridgehead atoms. The van der Waals surface area contributed by atoms with E-state index >= 15 is 0 Å². The maximum Gasteiger partial charge on any atom is 0.211 e. The molecule has 100 valence electrons. The molecule has 18 heavy (non-hydrogen) atoms. The van der Waals surface area contributed by atoms with Gasteiger partial charge in [-0.2, -0.15) is 0 Å². The summed E-state index contributed by atoms with van der Waals surface area (Å²) in [6.45, 7) is 1.23. The van der Waals surface area contributed by atoms with Gasteiger partial charge in [0.1, 0.15) is 5.75 Å². The summed E-state index contributed by atoms with van der Waals surface area (Å²) in [7, 11) is -1.43. The fourth-order valence-corrected chi connectivity index (χ4v) is 3.30. The average molecular weight is 269 g/mol. The van der Waals surface area contributed by atoms with E-state index in [2.05, 4.69) is 0 Å². The van der Waals surface area contributed by atoms with E-state index in [0.717, 1.165) is 18.6 Å². The van der Waals surface area contributed by atoms with Crippen molar-refractivity contribution in [2.24, 2.45) is 0 Å². The van der Waals surface area contributed by atoms with Crippen LogP contribution in [0.2, 0.25) is 0 Å². The van der Waals surface area contributed by atoms with Gasteiger partial charge < -0.3 is 4.74 Å². The highest BCUT2D eigenvalue weighted by atomic mass is 32.2. The van der Waals surface area contributed by atoms with E-state index in [0.29, 0.717) is 19.0 Å².